The number of rotatable bonds is 6. The van der Waals surface area contributed by atoms with Gasteiger partial charge in [-0.3, -0.25) is 14.6 Å². The number of carbonyl (C=O) groups is 1. The van der Waals surface area contributed by atoms with Crippen molar-refractivity contribution in [2.24, 2.45) is 5.92 Å². The number of nitrogens with zero attached hydrogens (tertiary/aromatic N) is 2. The normalized spacial score (nSPS) is 30.8. The van der Waals surface area contributed by atoms with Crippen LogP contribution in [0.25, 0.3) is 0 Å². The van der Waals surface area contributed by atoms with E-state index in [4.69, 9.17) is 18.9 Å². The van der Waals surface area contributed by atoms with Crippen molar-refractivity contribution in [1.29, 1.82) is 0 Å². The number of fused-ring (bicyclic) bond motifs is 3. The van der Waals surface area contributed by atoms with Gasteiger partial charge >= 0.3 is 5.97 Å². The fraction of sp³-hybridized carbons (Fsp3) is 0.400. The van der Waals surface area contributed by atoms with Gasteiger partial charge in [-0.25, -0.2) is 0 Å². The fourth-order valence-electron chi connectivity index (χ4n) is 7.92. The van der Waals surface area contributed by atoms with Gasteiger partial charge in [0.15, 0.2) is 17.6 Å². The van der Waals surface area contributed by atoms with Crippen LogP contribution in [-0.2, 0) is 27.2 Å². The van der Waals surface area contributed by atoms with E-state index in [1.165, 1.54) is 16.7 Å². The maximum atomic E-state index is 14.2. The number of methoxy groups -OCH3 is 1. The molecule has 3 aromatic rings. The van der Waals surface area contributed by atoms with Gasteiger partial charge in [0.05, 0.1) is 13.2 Å². The zero-order valence-electron chi connectivity index (χ0n) is 23.9. The molecule has 216 valence electrons. The average Bonchev–Trinajstić information content (AvgIpc) is 3.60. The molecule has 0 amide bonds. The van der Waals surface area contributed by atoms with Gasteiger partial charge in [-0.1, -0.05) is 60.7 Å². The Kier molecular flexibility index (Phi) is 6.45. The van der Waals surface area contributed by atoms with E-state index in [1.54, 1.807) is 7.11 Å². The smallest absolute Gasteiger partial charge is 0.326 e. The molecule has 0 aromatic heterocycles. The molecule has 7 nitrogen and oxygen atoms in total. The van der Waals surface area contributed by atoms with Crippen LogP contribution < -0.4 is 9.47 Å². The first-order chi connectivity index (χ1) is 20.7. The molecule has 4 aliphatic heterocycles. The number of piperidine rings is 1. The van der Waals surface area contributed by atoms with Crippen LogP contribution in [0.3, 0.4) is 0 Å². The van der Waals surface area contributed by atoms with Crippen LogP contribution in [-0.4, -0.2) is 60.9 Å². The Morgan fingerprint density at radius 1 is 0.976 bits per heavy atom. The van der Waals surface area contributed by atoms with Crippen molar-refractivity contribution >= 4 is 5.97 Å². The van der Waals surface area contributed by atoms with Crippen LogP contribution >= 0.6 is 0 Å². The summed E-state index contributed by atoms with van der Waals surface area (Å²) in [5, 5.41) is 0. The van der Waals surface area contributed by atoms with Gasteiger partial charge in [-0.2, -0.15) is 0 Å². The van der Waals surface area contributed by atoms with Crippen molar-refractivity contribution in [2.75, 3.05) is 27.0 Å². The van der Waals surface area contributed by atoms with E-state index in [0.29, 0.717) is 12.5 Å². The molecular weight excluding hydrogens is 528 g/mol. The largest absolute Gasteiger partial charge is 0.497 e. The van der Waals surface area contributed by atoms with Crippen molar-refractivity contribution in [1.82, 2.24) is 9.80 Å². The number of hydrogen-bond acceptors (Lipinski definition) is 7. The summed E-state index contributed by atoms with van der Waals surface area (Å²) in [6, 6.07) is 24.8. The molecule has 0 radical (unpaired) electrons. The molecule has 2 saturated heterocycles. The van der Waals surface area contributed by atoms with Gasteiger partial charge in [0.1, 0.15) is 11.8 Å². The molecule has 5 aliphatic rings. The third-order valence-corrected chi connectivity index (χ3v) is 9.85. The first-order valence-electron chi connectivity index (χ1n) is 15.2. The predicted molar refractivity (Wildman–Crippen MR) is 157 cm³/mol. The highest BCUT2D eigenvalue weighted by Gasteiger charge is 2.56. The van der Waals surface area contributed by atoms with Gasteiger partial charge < -0.3 is 18.9 Å². The van der Waals surface area contributed by atoms with E-state index < -0.39 is 6.10 Å². The van der Waals surface area contributed by atoms with Gasteiger partial charge in [-0.05, 0) is 72.2 Å². The molecule has 0 bridgehead atoms. The molecule has 0 N–H and O–H groups in total. The molecule has 4 heterocycles. The average molecular weight is 565 g/mol. The Balaban J connectivity index is 1.15. The minimum Gasteiger partial charge on any atom is -0.497 e. The van der Waals surface area contributed by atoms with E-state index in [-0.39, 0.29) is 36.8 Å². The van der Waals surface area contributed by atoms with Crippen LogP contribution in [0.1, 0.15) is 47.1 Å². The molecule has 3 aromatic carbocycles. The lowest BCUT2D eigenvalue weighted by atomic mass is 9.71. The van der Waals surface area contributed by atoms with E-state index in [2.05, 4.69) is 52.3 Å². The highest BCUT2D eigenvalue weighted by atomic mass is 16.7. The summed E-state index contributed by atoms with van der Waals surface area (Å²) in [6.45, 7) is 2.96. The van der Waals surface area contributed by atoms with Crippen molar-refractivity contribution < 1.29 is 23.7 Å². The summed E-state index contributed by atoms with van der Waals surface area (Å²) in [7, 11) is 1.70. The summed E-state index contributed by atoms with van der Waals surface area (Å²) in [6.07, 6.45) is 4.91. The second kappa shape index (κ2) is 10.5. The van der Waals surface area contributed by atoms with Crippen molar-refractivity contribution in [3.05, 3.63) is 107 Å². The topological polar surface area (TPSA) is 60.2 Å². The Morgan fingerprint density at radius 3 is 2.52 bits per heavy atom. The molecule has 42 heavy (non-hydrogen) atoms. The van der Waals surface area contributed by atoms with Crippen LogP contribution in [0.4, 0.5) is 0 Å². The Hall–Kier alpha value is -3.81. The van der Waals surface area contributed by atoms with Crippen LogP contribution in [0.2, 0.25) is 0 Å². The van der Waals surface area contributed by atoms with Crippen LogP contribution in [0.15, 0.2) is 84.6 Å². The van der Waals surface area contributed by atoms with E-state index in [9.17, 15) is 4.79 Å². The fourth-order valence-corrected chi connectivity index (χ4v) is 7.92. The van der Waals surface area contributed by atoms with Crippen molar-refractivity contribution in [2.45, 2.75) is 56.0 Å². The zero-order chi connectivity index (χ0) is 28.2. The minimum absolute atomic E-state index is 0.0216. The van der Waals surface area contributed by atoms with Crippen LogP contribution in [0.5, 0.6) is 11.5 Å². The highest BCUT2D eigenvalue weighted by molar-refractivity contribution is 5.81. The zero-order valence-corrected chi connectivity index (χ0v) is 23.9. The molecule has 8 rings (SSSR count). The Bertz CT molecular complexity index is 1510. The van der Waals surface area contributed by atoms with Gasteiger partial charge in [-0.15, -0.1) is 0 Å². The quantitative estimate of drug-likeness (QED) is 0.301. The lowest BCUT2D eigenvalue weighted by Crippen LogP contribution is -2.54. The SMILES string of the molecule is COC1=C[C@@H]2CCCN3CCc4cc5c(cc4[C@H](C1OC(=O)C1C(c4ccccc4)N1Cc1ccccc1)C23)OCO5. The molecule has 1 aliphatic carbocycles. The molecule has 0 saturated carbocycles. The first kappa shape index (κ1) is 25.9. The molecule has 7 heteroatoms. The van der Waals surface area contributed by atoms with Crippen molar-refractivity contribution in [3.8, 4) is 11.5 Å². The molecule has 0 spiro atoms. The summed E-state index contributed by atoms with van der Waals surface area (Å²) >= 11 is 0. The first-order valence-corrected chi connectivity index (χ1v) is 15.2. The number of esters is 1. The third-order valence-electron chi connectivity index (χ3n) is 9.85. The molecule has 2 fully saturated rings. The molecular formula is C35H36N2O5. The van der Waals surface area contributed by atoms with Gasteiger partial charge in [0.2, 0.25) is 6.79 Å². The number of ether oxygens (including phenoxy) is 4. The monoisotopic (exact) mass is 564 g/mol. The standard InChI is InChI=1S/C35H36N2O5/c1-39-29-18-25-13-8-15-36-16-14-24-17-27-28(41-21-40-27)19-26(24)30(31(25)36)34(29)42-35(38)33-32(23-11-6-3-7-12-23)37(33)20-22-9-4-2-5-10-22/h2-7,9-12,17-19,25,30-34H,8,13-16,20-21H2,1H3/t25-,30-,31?,32?,33?,34?,37?/m0/s1. The van der Waals surface area contributed by atoms with Crippen LogP contribution in [0, 0.1) is 5.92 Å². The second-order valence-electron chi connectivity index (χ2n) is 12.1. The maximum absolute atomic E-state index is 14.2. The van der Waals surface area contributed by atoms with E-state index in [0.717, 1.165) is 55.2 Å². The molecule has 5 unspecified atom stereocenters. The summed E-state index contributed by atoms with van der Waals surface area (Å²) < 4.78 is 24.2. The van der Waals surface area contributed by atoms with Gasteiger partial charge in [0, 0.05) is 25.0 Å². The number of benzene rings is 3. The lowest BCUT2D eigenvalue weighted by molar-refractivity contribution is -0.152. The Morgan fingerprint density at radius 2 is 1.74 bits per heavy atom. The number of hydrogen-bond donors (Lipinski definition) is 0. The lowest BCUT2D eigenvalue weighted by Gasteiger charge is -2.48. The summed E-state index contributed by atoms with van der Waals surface area (Å²) in [4.78, 5) is 19.1. The Labute approximate surface area is 246 Å². The highest BCUT2D eigenvalue weighted by Crippen LogP contribution is 2.51. The van der Waals surface area contributed by atoms with Crippen molar-refractivity contribution in [3.63, 3.8) is 0 Å². The minimum atomic E-state index is -0.517. The van der Waals surface area contributed by atoms with E-state index >= 15 is 0 Å². The second-order valence-corrected chi connectivity index (χ2v) is 12.1. The number of carbonyl (C=O) groups excluding carboxylic acids is 1. The summed E-state index contributed by atoms with van der Waals surface area (Å²) in [5.74, 6) is 2.43. The molecule has 7 atom stereocenters. The van der Waals surface area contributed by atoms with E-state index in [1.807, 2.05) is 36.4 Å². The predicted octanol–water partition coefficient (Wildman–Crippen LogP) is 5.22. The summed E-state index contributed by atoms with van der Waals surface area (Å²) in [5.41, 5.74) is 4.75. The van der Waals surface area contributed by atoms with Gasteiger partial charge in [0.25, 0.3) is 0 Å². The third kappa shape index (κ3) is 4.38. The maximum Gasteiger partial charge on any atom is 0.326 e.